The fourth-order valence-corrected chi connectivity index (χ4v) is 8.46. The quantitative estimate of drug-likeness (QED) is 0.0204. The molecule has 0 aliphatic rings. The predicted molar refractivity (Wildman–Crippen MR) is 249 cm³/mol. The van der Waals surface area contributed by atoms with E-state index in [9.17, 15) is 10.2 Å². The minimum atomic E-state index is -5.17. The third-order valence-corrected chi connectivity index (χ3v) is 12.4. The summed E-state index contributed by atoms with van der Waals surface area (Å²) >= 11 is 0. The summed E-state index contributed by atoms with van der Waals surface area (Å²) in [5.74, 6) is 0. The highest BCUT2D eigenvalue weighted by Crippen LogP contribution is 2.23. The Kier molecular flexibility index (Phi) is 48.7. The monoisotopic (exact) mass is 869 g/mol. The molecule has 360 valence electrons. The van der Waals surface area contributed by atoms with E-state index in [0.717, 1.165) is 60.6 Å². The topological polar surface area (TPSA) is 161 Å². The molecule has 4 N–H and O–H groups in total. The molecule has 0 saturated carbocycles. The van der Waals surface area contributed by atoms with Gasteiger partial charge in [-0.2, -0.15) is 0 Å². The molecule has 10 nitrogen and oxygen atoms in total. The van der Waals surface area contributed by atoms with Gasteiger partial charge in [-0.1, -0.05) is 168 Å². The molecule has 0 fully saturated rings. The molecular formula is C48H104N2O8S. The first-order valence-corrected chi connectivity index (χ1v) is 26.2. The lowest BCUT2D eigenvalue weighted by atomic mass is 9.99. The number of unbranched alkanes of at least 4 members (excludes halogenated alkanes) is 24. The van der Waals surface area contributed by atoms with Gasteiger partial charge >= 0.3 is 0 Å². The van der Waals surface area contributed by atoms with Crippen molar-refractivity contribution in [3.63, 3.8) is 0 Å². The first-order valence-electron chi connectivity index (χ1n) is 24.9. The third kappa shape index (κ3) is 50.2. The number of hydrogen-bond acceptors (Lipinski definition) is 8. The first-order chi connectivity index (χ1) is 28.2. The molecule has 0 amide bonds. The highest BCUT2D eigenvalue weighted by atomic mass is 32.3. The summed E-state index contributed by atoms with van der Waals surface area (Å²) in [5.41, 5.74) is 0. The van der Waals surface area contributed by atoms with Crippen molar-refractivity contribution in [1.29, 1.82) is 0 Å². The van der Waals surface area contributed by atoms with Crippen LogP contribution in [-0.2, 0) is 10.4 Å². The van der Waals surface area contributed by atoms with Gasteiger partial charge in [0.2, 0.25) is 0 Å². The molecule has 2 atom stereocenters. The standard InChI is InChI=1S/2C24H52NO2.H2O4S/c2*1-4-5-6-7-8-9-10-11-12-13-14-15-16-19-24(20-17-22-26)25(2,3)21-18-23-27;1-5(2,3)4/h2*24,26-27H,4-23H2,1-3H3;(H2,1,2,3,4)/q2*+1;/p-2. The Morgan fingerprint density at radius 2 is 0.542 bits per heavy atom. The van der Waals surface area contributed by atoms with Crippen molar-refractivity contribution in [3.8, 4) is 0 Å². The van der Waals surface area contributed by atoms with E-state index in [1.54, 1.807) is 0 Å². The first kappa shape index (κ1) is 62.9. The molecule has 0 aliphatic heterocycles. The lowest BCUT2D eigenvalue weighted by molar-refractivity contribution is -0.916. The summed E-state index contributed by atoms with van der Waals surface area (Å²) in [4.78, 5) is 0. The van der Waals surface area contributed by atoms with Crippen LogP contribution in [0.15, 0.2) is 0 Å². The Morgan fingerprint density at radius 3 is 0.746 bits per heavy atom. The van der Waals surface area contributed by atoms with Crippen molar-refractivity contribution in [2.45, 2.75) is 244 Å². The SMILES string of the molecule is CCCCCCCCCCCCCCCC(CCCO)[N+](C)(C)CCCO.CCCCCCCCCCCCCCCC(CCCO)[N+](C)(C)CCCO.O=S(=O)([O-])[O-]. The highest BCUT2D eigenvalue weighted by molar-refractivity contribution is 7.79. The highest BCUT2D eigenvalue weighted by Gasteiger charge is 2.27. The summed E-state index contributed by atoms with van der Waals surface area (Å²) in [6, 6.07) is 1.24. The van der Waals surface area contributed by atoms with E-state index < -0.39 is 10.4 Å². The molecule has 0 aromatic rings. The number of aliphatic hydroxyl groups is 4. The molecule has 0 rings (SSSR count). The zero-order valence-electron chi connectivity index (χ0n) is 40.2. The summed E-state index contributed by atoms with van der Waals surface area (Å²) in [6.07, 6.45) is 44.8. The molecule has 2 unspecified atom stereocenters. The maximum Gasteiger partial charge on any atom is 0.0887 e. The van der Waals surface area contributed by atoms with Gasteiger partial charge in [-0.05, 0) is 38.5 Å². The van der Waals surface area contributed by atoms with Gasteiger partial charge in [-0.3, -0.25) is 8.42 Å². The number of quaternary nitrogens is 2. The molecule has 0 aromatic carbocycles. The lowest BCUT2D eigenvalue weighted by Gasteiger charge is -2.38. The smallest absolute Gasteiger partial charge is 0.0887 e. The summed E-state index contributed by atoms with van der Waals surface area (Å²) in [6.45, 7) is 7.81. The van der Waals surface area contributed by atoms with E-state index in [2.05, 4.69) is 42.0 Å². The fourth-order valence-electron chi connectivity index (χ4n) is 8.46. The van der Waals surface area contributed by atoms with Gasteiger partial charge in [0, 0.05) is 62.5 Å². The summed E-state index contributed by atoms with van der Waals surface area (Å²) in [5, 5.41) is 36.7. The van der Waals surface area contributed by atoms with Gasteiger partial charge in [0.25, 0.3) is 0 Å². The van der Waals surface area contributed by atoms with Gasteiger partial charge in [0.15, 0.2) is 0 Å². The number of aliphatic hydroxyl groups excluding tert-OH is 4. The number of nitrogens with zero attached hydrogens (tertiary/aromatic N) is 2. The normalized spacial score (nSPS) is 13.1. The molecule has 11 heteroatoms. The van der Waals surface area contributed by atoms with Crippen molar-refractivity contribution in [3.05, 3.63) is 0 Å². The summed E-state index contributed by atoms with van der Waals surface area (Å²) < 4.78 is 36.1. The molecule has 0 aliphatic carbocycles. The van der Waals surface area contributed by atoms with Crippen LogP contribution in [0.4, 0.5) is 0 Å². The second-order valence-electron chi connectivity index (χ2n) is 18.7. The largest absolute Gasteiger partial charge is 0.759 e. The van der Waals surface area contributed by atoms with Crippen LogP contribution in [0.2, 0.25) is 0 Å². The Morgan fingerprint density at radius 1 is 0.356 bits per heavy atom. The third-order valence-electron chi connectivity index (χ3n) is 12.4. The molecule has 0 aromatic heterocycles. The van der Waals surface area contributed by atoms with Crippen molar-refractivity contribution in [2.75, 3.05) is 67.7 Å². The van der Waals surface area contributed by atoms with Crippen molar-refractivity contribution in [1.82, 2.24) is 0 Å². The minimum Gasteiger partial charge on any atom is -0.759 e. The summed E-state index contributed by atoms with van der Waals surface area (Å²) in [7, 11) is 4.00. The second-order valence-corrected chi connectivity index (χ2v) is 19.5. The van der Waals surface area contributed by atoms with E-state index in [1.165, 1.54) is 180 Å². The zero-order chi connectivity index (χ0) is 44.9. The van der Waals surface area contributed by atoms with Crippen LogP contribution in [0.1, 0.15) is 232 Å². The van der Waals surface area contributed by atoms with E-state index in [0.29, 0.717) is 25.3 Å². The number of hydrogen-bond donors (Lipinski definition) is 4. The fraction of sp³-hybridized carbons (Fsp3) is 1.00. The Hall–Kier alpha value is -0.370. The number of rotatable bonds is 42. The van der Waals surface area contributed by atoms with Crippen molar-refractivity contribution >= 4 is 10.4 Å². The maximum atomic E-state index is 9.19. The van der Waals surface area contributed by atoms with E-state index >= 15 is 0 Å². The van der Waals surface area contributed by atoms with Crippen LogP contribution in [0.5, 0.6) is 0 Å². The minimum absolute atomic E-state index is 0.285. The van der Waals surface area contributed by atoms with Crippen LogP contribution >= 0.6 is 0 Å². The Labute approximate surface area is 368 Å². The van der Waals surface area contributed by atoms with Gasteiger partial charge in [0.05, 0.1) is 53.4 Å². The van der Waals surface area contributed by atoms with E-state index in [1.807, 2.05) is 0 Å². The molecular weight excluding hydrogens is 765 g/mol. The van der Waals surface area contributed by atoms with Crippen LogP contribution in [-0.4, -0.2) is 127 Å². The van der Waals surface area contributed by atoms with Crippen LogP contribution in [0, 0.1) is 0 Å². The van der Waals surface area contributed by atoms with E-state index in [4.69, 9.17) is 27.7 Å². The van der Waals surface area contributed by atoms with Crippen LogP contribution in [0.3, 0.4) is 0 Å². The van der Waals surface area contributed by atoms with Gasteiger partial charge in [-0.25, -0.2) is 0 Å². The van der Waals surface area contributed by atoms with Crippen molar-refractivity contribution in [2.24, 2.45) is 0 Å². The van der Waals surface area contributed by atoms with Gasteiger partial charge in [-0.15, -0.1) is 0 Å². The Balaban J connectivity index is -0.000000951. The van der Waals surface area contributed by atoms with E-state index in [-0.39, 0.29) is 13.2 Å². The molecule has 0 spiro atoms. The van der Waals surface area contributed by atoms with Crippen LogP contribution in [0.25, 0.3) is 0 Å². The molecule has 0 radical (unpaired) electrons. The van der Waals surface area contributed by atoms with Crippen LogP contribution < -0.4 is 0 Å². The zero-order valence-corrected chi connectivity index (χ0v) is 41.0. The van der Waals surface area contributed by atoms with Gasteiger partial charge in [0.1, 0.15) is 0 Å². The molecule has 59 heavy (non-hydrogen) atoms. The average Bonchev–Trinajstić information content (AvgIpc) is 3.18. The second kappa shape index (κ2) is 45.6. The average molecular weight is 869 g/mol. The lowest BCUT2D eigenvalue weighted by Crippen LogP contribution is -2.49. The maximum absolute atomic E-state index is 9.19. The molecule has 0 bridgehead atoms. The van der Waals surface area contributed by atoms with Crippen molar-refractivity contribution < 1.29 is 46.9 Å². The molecule has 0 saturated heterocycles. The Bertz CT molecular complexity index is 857. The van der Waals surface area contributed by atoms with Gasteiger partial charge < -0.3 is 38.5 Å². The molecule has 0 heterocycles. The predicted octanol–water partition coefficient (Wildman–Crippen LogP) is 10.8.